The van der Waals surface area contributed by atoms with E-state index in [0.717, 1.165) is 10.3 Å². The second kappa shape index (κ2) is 5.75. The molecule has 0 atom stereocenters. The van der Waals surface area contributed by atoms with Crippen molar-refractivity contribution in [3.8, 4) is 0 Å². The summed E-state index contributed by atoms with van der Waals surface area (Å²) in [7, 11) is 0. The number of nitrogens with zero attached hydrogens (tertiary/aromatic N) is 1. The van der Waals surface area contributed by atoms with Crippen molar-refractivity contribution < 1.29 is 9.59 Å². The largest absolute Gasteiger partial charge is 0.324 e. The van der Waals surface area contributed by atoms with Crippen LogP contribution in [0.3, 0.4) is 0 Å². The molecule has 0 aromatic carbocycles. The summed E-state index contributed by atoms with van der Waals surface area (Å²) in [6, 6.07) is 3.53. The number of ketones is 1. The van der Waals surface area contributed by atoms with Crippen molar-refractivity contribution in [3.63, 3.8) is 0 Å². The third kappa shape index (κ3) is 4.10. The standard InChI is InChI=1S/C11H13BrN2O2/c1-7(15)3-6-11(16)14-9-4-5-10(12)13-8(9)2/h4-5H,3,6H2,1-2H3,(H,14,16). The van der Waals surface area contributed by atoms with Crippen LogP contribution in [0, 0.1) is 6.92 Å². The minimum atomic E-state index is -0.164. The first-order valence-corrected chi connectivity index (χ1v) is 5.71. The smallest absolute Gasteiger partial charge is 0.224 e. The van der Waals surface area contributed by atoms with Gasteiger partial charge in [0.1, 0.15) is 10.4 Å². The highest BCUT2D eigenvalue weighted by Gasteiger charge is 2.06. The average Bonchev–Trinajstić information content (AvgIpc) is 2.19. The van der Waals surface area contributed by atoms with Gasteiger partial charge in [-0.25, -0.2) is 4.98 Å². The highest BCUT2D eigenvalue weighted by atomic mass is 79.9. The van der Waals surface area contributed by atoms with E-state index in [1.54, 1.807) is 12.1 Å². The molecule has 1 aromatic rings. The molecule has 86 valence electrons. The van der Waals surface area contributed by atoms with E-state index in [4.69, 9.17) is 0 Å². The van der Waals surface area contributed by atoms with Crippen LogP contribution in [0.5, 0.6) is 0 Å². The molecule has 0 aliphatic carbocycles. The number of hydrogen-bond donors (Lipinski definition) is 1. The van der Waals surface area contributed by atoms with Gasteiger partial charge in [0.2, 0.25) is 5.91 Å². The summed E-state index contributed by atoms with van der Waals surface area (Å²) in [5.74, 6) is -0.150. The summed E-state index contributed by atoms with van der Waals surface area (Å²) in [6.45, 7) is 3.28. The van der Waals surface area contributed by atoms with Gasteiger partial charge in [-0.1, -0.05) is 0 Å². The van der Waals surface area contributed by atoms with Gasteiger partial charge in [0.05, 0.1) is 11.4 Å². The Morgan fingerprint density at radius 2 is 2.06 bits per heavy atom. The molecule has 0 fully saturated rings. The average molecular weight is 285 g/mol. The molecular formula is C11H13BrN2O2. The van der Waals surface area contributed by atoms with Crippen LogP contribution in [0.15, 0.2) is 16.7 Å². The molecule has 1 N–H and O–H groups in total. The van der Waals surface area contributed by atoms with Crippen LogP contribution in [-0.4, -0.2) is 16.7 Å². The van der Waals surface area contributed by atoms with Crippen LogP contribution in [0.2, 0.25) is 0 Å². The number of hydrogen-bond acceptors (Lipinski definition) is 3. The monoisotopic (exact) mass is 284 g/mol. The second-order valence-electron chi connectivity index (χ2n) is 3.52. The van der Waals surface area contributed by atoms with Gasteiger partial charge in [0.15, 0.2) is 0 Å². The van der Waals surface area contributed by atoms with Crippen molar-refractivity contribution in [3.05, 3.63) is 22.4 Å². The fourth-order valence-electron chi connectivity index (χ4n) is 1.16. The number of Topliss-reactive ketones (excluding diaryl/α,β-unsaturated/α-hetero) is 1. The number of halogens is 1. The topological polar surface area (TPSA) is 59.1 Å². The van der Waals surface area contributed by atoms with E-state index >= 15 is 0 Å². The lowest BCUT2D eigenvalue weighted by Gasteiger charge is -2.07. The zero-order valence-electron chi connectivity index (χ0n) is 9.21. The van der Waals surface area contributed by atoms with Crippen LogP contribution in [0.1, 0.15) is 25.5 Å². The first-order chi connectivity index (χ1) is 7.49. The normalized spacial score (nSPS) is 9.94. The van der Waals surface area contributed by atoms with Gasteiger partial charge in [0, 0.05) is 12.8 Å². The molecule has 4 nitrogen and oxygen atoms in total. The fourth-order valence-corrected chi connectivity index (χ4v) is 1.56. The van der Waals surface area contributed by atoms with Gasteiger partial charge in [-0.15, -0.1) is 0 Å². The molecule has 0 saturated heterocycles. The highest BCUT2D eigenvalue weighted by Crippen LogP contribution is 2.16. The summed E-state index contributed by atoms with van der Waals surface area (Å²) in [5.41, 5.74) is 1.42. The van der Waals surface area contributed by atoms with Crippen LogP contribution >= 0.6 is 15.9 Å². The molecule has 1 amide bonds. The lowest BCUT2D eigenvalue weighted by molar-refractivity contribution is -0.121. The van der Waals surface area contributed by atoms with Crippen molar-refractivity contribution in [2.75, 3.05) is 5.32 Å². The summed E-state index contributed by atoms with van der Waals surface area (Å²) < 4.78 is 0.728. The van der Waals surface area contributed by atoms with Gasteiger partial charge in [-0.05, 0) is 41.9 Å². The zero-order chi connectivity index (χ0) is 12.1. The van der Waals surface area contributed by atoms with Gasteiger partial charge in [0.25, 0.3) is 0 Å². The number of aromatic nitrogens is 1. The predicted octanol–water partition coefficient (Wildman–Crippen LogP) is 2.46. The van der Waals surface area contributed by atoms with E-state index in [2.05, 4.69) is 26.2 Å². The highest BCUT2D eigenvalue weighted by molar-refractivity contribution is 9.10. The maximum atomic E-state index is 11.5. The number of carbonyl (C=O) groups is 2. The Balaban J connectivity index is 2.59. The van der Waals surface area contributed by atoms with Crippen molar-refractivity contribution in [2.45, 2.75) is 26.7 Å². The minimum Gasteiger partial charge on any atom is -0.324 e. The molecule has 0 unspecified atom stereocenters. The summed E-state index contributed by atoms with van der Waals surface area (Å²) in [4.78, 5) is 26.3. The van der Waals surface area contributed by atoms with E-state index in [0.29, 0.717) is 5.69 Å². The van der Waals surface area contributed by atoms with E-state index in [-0.39, 0.29) is 24.5 Å². The summed E-state index contributed by atoms with van der Waals surface area (Å²) in [6.07, 6.45) is 0.486. The molecule has 0 aliphatic rings. The molecular weight excluding hydrogens is 272 g/mol. The molecule has 0 radical (unpaired) electrons. The van der Waals surface area contributed by atoms with Gasteiger partial charge in [-0.3, -0.25) is 4.79 Å². The van der Waals surface area contributed by atoms with Crippen LogP contribution < -0.4 is 5.32 Å². The third-order valence-electron chi connectivity index (χ3n) is 2.03. The van der Waals surface area contributed by atoms with E-state index in [9.17, 15) is 9.59 Å². The van der Waals surface area contributed by atoms with Crippen LogP contribution in [-0.2, 0) is 9.59 Å². The lowest BCUT2D eigenvalue weighted by atomic mass is 10.2. The Morgan fingerprint density at radius 1 is 1.38 bits per heavy atom. The first kappa shape index (κ1) is 12.8. The van der Waals surface area contributed by atoms with E-state index in [1.165, 1.54) is 6.92 Å². The molecule has 0 bridgehead atoms. The quantitative estimate of drug-likeness (QED) is 0.864. The number of nitrogens with one attached hydrogen (secondary N) is 1. The number of rotatable bonds is 4. The molecule has 16 heavy (non-hydrogen) atoms. The molecule has 0 spiro atoms. The maximum Gasteiger partial charge on any atom is 0.224 e. The molecule has 1 rings (SSSR count). The van der Waals surface area contributed by atoms with Gasteiger partial charge in [-0.2, -0.15) is 0 Å². The predicted molar refractivity (Wildman–Crippen MR) is 65.2 cm³/mol. The number of carbonyl (C=O) groups excluding carboxylic acids is 2. The molecule has 0 aliphatic heterocycles. The van der Waals surface area contributed by atoms with Crippen LogP contribution in [0.4, 0.5) is 5.69 Å². The Morgan fingerprint density at radius 3 is 2.62 bits per heavy atom. The number of anilines is 1. The van der Waals surface area contributed by atoms with Crippen molar-refractivity contribution in [1.29, 1.82) is 0 Å². The Hall–Kier alpha value is -1.23. The minimum absolute atomic E-state index is 0.0146. The number of aryl methyl sites for hydroxylation is 1. The van der Waals surface area contributed by atoms with Crippen LogP contribution in [0.25, 0.3) is 0 Å². The fraction of sp³-hybridized carbons (Fsp3) is 0.364. The molecule has 0 saturated carbocycles. The number of amides is 1. The summed E-state index contributed by atoms with van der Waals surface area (Å²) >= 11 is 3.24. The first-order valence-electron chi connectivity index (χ1n) is 4.91. The third-order valence-corrected chi connectivity index (χ3v) is 2.47. The van der Waals surface area contributed by atoms with Gasteiger partial charge < -0.3 is 10.1 Å². The lowest BCUT2D eigenvalue weighted by Crippen LogP contribution is -2.13. The van der Waals surface area contributed by atoms with E-state index < -0.39 is 0 Å². The Labute approximate surface area is 103 Å². The Bertz CT molecular complexity index is 418. The summed E-state index contributed by atoms with van der Waals surface area (Å²) in [5, 5.41) is 2.72. The SMILES string of the molecule is CC(=O)CCC(=O)Nc1ccc(Br)nc1C. The molecule has 5 heteroatoms. The molecule has 1 heterocycles. The molecule has 1 aromatic heterocycles. The van der Waals surface area contributed by atoms with E-state index in [1.807, 2.05) is 6.92 Å². The number of pyridine rings is 1. The second-order valence-corrected chi connectivity index (χ2v) is 4.33. The maximum absolute atomic E-state index is 11.5. The van der Waals surface area contributed by atoms with Crippen molar-refractivity contribution in [1.82, 2.24) is 4.98 Å². The van der Waals surface area contributed by atoms with Gasteiger partial charge >= 0.3 is 0 Å². The Kier molecular flexibility index (Phi) is 4.61. The van der Waals surface area contributed by atoms with Crippen molar-refractivity contribution in [2.24, 2.45) is 0 Å². The van der Waals surface area contributed by atoms with Crippen molar-refractivity contribution >= 4 is 33.3 Å². The zero-order valence-corrected chi connectivity index (χ0v) is 10.8.